The maximum absolute atomic E-state index is 12.6. The van der Waals surface area contributed by atoms with Gasteiger partial charge in [-0.05, 0) is 43.2 Å². The van der Waals surface area contributed by atoms with Crippen molar-refractivity contribution in [2.75, 3.05) is 18.5 Å². The zero-order chi connectivity index (χ0) is 16.7. The summed E-state index contributed by atoms with van der Waals surface area (Å²) in [4.78, 5) is 12.6. The number of nitrogens with one attached hydrogen (secondary N) is 1. The van der Waals surface area contributed by atoms with E-state index in [-0.39, 0.29) is 5.91 Å². The van der Waals surface area contributed by atoms with Crippen molar-refractivity contribution in [2.24, 2.45) is 0 Å². The summed E-state index contributed by atoms with van der Waals surface area (Å²) in [5, 5.41) is 3.02. The first kappa shape index (κ1) is 15.1. The van der Waals surface area contributed by atoms with E-state index in [9.17, 15) is 4.79 Å². The molecule has 0 saturated heterocycles. The molecule has 0 unspecified atom stereocenters. The van der Waals surface area contributed by atoms with E-state index in [1.165, 1.54) is 0 Å². The van der Waals surface area contributed by atoms with Crippen LogP contribution in [0.4, 0.5) is 5.69 Å². The molecule has 2 heterocycles. The first-order valence-corrected chi connectivity index (χ1v) is 8.41. The summed E-state index contributed by atoms with van der Waals surface area (Å²) < 4.78 is 11.5. The van der Waals surface area contributed by atoms with Crippen LogP contribution in [-0.4, -0.2) is 19.1 Å². The zero-order valence-electron chi connectivity index (χ0n) is 14.1. The van der Waals surface area contributed by atoms with Crippen molar-refractivity contribution in [1.82, 2.24) is 0 Å². The number of ether oxygens (including phenoxy) is 2. The molecule has 0 bridgehead atoms. The van der Waals surface area contributed by atoms with E-state index in [2.05, 4.69) is 17.4 Å². The van der Waals surface area contributed by atoms with Gasteiger partial charge in [0.1, 0.15) is 11.5 Å². The number of anilines is 1. The van der Waals surface area contributed by atoms with E-state index in [1.807, 2.05) is 26.0 Å². The highest BCUT2D eigenvalue weighted by Gasteiger charge is 2.27. The number of carbonyl (C=O) groups excluding carboxylic acids is 1. The Kier molecular flexibility index (Phi) is 3.68. The lowest BCUT2D eigenvalue weighted by Gasteiger charge is -2.13. The lowest BCUT2D eigenvalue weighted by Crippen LogP contribution is -2.16. The second-order valence-corrected chi connectivity index (χ2v) is 6.62. The van der Waals surface area contributed by atoms with E-state index in [1.54, 1.807) is 0 Å². The Morgan fingerprint density at radius 3 is 2.58 bits per heavy atom. The largest absolute Gasteiger partial charge is 0.493 e. The van der Waals surface area contributed by atoms with Crippen LogP contribution in [0.1, 0.15) is 27.8 Å². The fourth-order valence-corrected chi connectivity index (χ4v) is 3.68. The molecular formula is C20H21NO3. The molecule has 124 valence electrons. The van der Waals surface area contributed by atoms with Crippen LogP contribution in [-0.2, 0) is 24.1 Å². The summed E-state index contributed by atoms with van der Waals surface area (Å²) >= 11 is 0. The number of aryl methyl sites for hydroxylation is 2. The van der Waals surface area contributed by atoms with Crippen LogP contribution in [0.15, 0.2) is 24.3 Å². The average molecular weight is 323 g/mol. The summed E-state index contributed by atoms with van der Waals surface area (Å²) in [5.41, 5.74) is 6.42. The van der Waals surface area contributed by atoms with Crippen molar-refractivity contribution in [3.63, 3.8) is 0 Å². The normalized spacial score (nSPS) is 14.6. The van der Waals surface area contributed by atoms with E-state index in [0.29, 0.717) is 19.6 Å². The van der Waals surface area contributed by atoms with E-state index < -0.39 is 0 Å². The van der Waals surface area contributed by atoms with Crippen molar-refractivity contribution in [2.45, 2.75) is 33.1 Å². The van der Waals surface area contributed by atoms with Crippen LogP contribution in [0.3, 0.4) is 0 Å². The molecular weight excluding hydrogens is 302 g/mol. The van der Waals surface area contributed by atoms with Gasteiger partial charge in [-0.1, -0.05) is 6.07 Å². The maximum Gasteiger partial charge on any atom is 0.228 e. The fraction of sp³-hybridized carbons (Fsp3) is 0.350. The molecule has 4 heteroatoms. The summed E-state index contributed by atoms with van der Waals surface area (Å²) in [5.74, 6) is 1.81. The molecule has 1 N–H and O–H groups in total. The minimum Gasteiger partial charge on any atom is -0.493 e. The van der Waals surface area contributed by atoms with Crippen molar-refractivity contribution in [3.05, 3.63) is 52.1 Å². The number of fused-ring (bicyclic) bond motifs is 2. The molecule has 0 aliphatic carbocycles. The van der Waals surface area contributed by atoms with Gasteiger partial charge in [0.05, 0.1) is 19.6 Å². The van der Waals surface area contributed by atoms with Gasteiger partial charge in [-0.15, -0.1) is 0 Å². The van der Waals surface area contributed by atoms with E-state index in [4.69, 9.17) is 9.47 Å². The average Bonchev–Trinajstić information content (AvgIpc) is 3.14. The molecule has 0 atom stereocenters. The minimum absolute atomic E-state index is 0.0157. The molecule has 0 saturated carbocycles. The number of carbonyl (C=O) groups is 1. The summed E-state index contributed by atoms with van der Waals surface area (Å²) in [6.45, 7) is 5.43. The highest BCUT2D eigenvalue weighted by molar-refractivity contribution is 5.93. The van der Waals surface area contributed by atoms with Crippen LogP contribution in [0.25, 0.3) is 0 Å². The highest BCUT2D eigenvalue weighted by atomic mass is 16.5. The van der Waals surface area contributed by atoms with Gasteiger partial charge in [-0.2, -0.15) is 0 Å². The van der Waals surface area contributed by atoms with Crippen LogP contribution < -0.4 is 14.8 Å². The Morgan fingerprint density at radius 2 is 1.79 bits per heavy atom. The first-order valence-electron chi connectivity index (χ1n) is 8.41. The molecule has 4 rings (SSSR count). The summed E-state index contributed by atoms with van der Waals surface area (Å²) in [6, 6.07) is 8.16. The smallest absolute Gasteiger partial charge is 0.228 e. The van der Waals surface area contributed by atoms with Gasteiger partial charge in [0.2, 0.25) is 5.91 Å². The van der Waals surface area contributed by atoms with Crippen LogP contribution >= 0.6 is 0 Å². The Bertz CT molecular complexity index is 774. The van der Waals surface area contributed by atoms with Crippen molar-refractivity contribution >= 4 is 11.6 Å². The number of benzene rings is 2. The third-order valence-electron chi connectivity index (χ3n) is 4.60. The molecule has 2 aromatic rings. The standard InChI is InChI=1S/C20H21NO3/c1-12-7-13(2)9-15(8-12)21-19(22)11-17-16-4-6-23-18(16)10-14-3-5-24-20(14)17/h7-10H,3-6,11H2,1-2H3,(H,21,22). The second kappa shape index (κ2) is 5.86. The molecule has 0 fully saturated rings. The molecule has 2 aliphatic heterocycles. The highest BCUT2D eigenvalue weighted by Crippen LogP contribution is 2.40. The Morgan fingerprint density at radius 1 is 1.04 bits per heavy atom. The molecule has 0 spiro atoms. The van der Waals surface area contributed by atoms with Crippen LogP contribution in [0, 0.1) is 13.8 Å². The predicted molar refractivity (Wildman–Crippen MR) is 93.1 cm³/mol. The van der Waals surface area contributed by atoms with Gasteiger partial charge in [-0.25, -0.2) is 0 Å². The maximum atomic E-state index is 12.6. The van der Waals surface area contributed by atoms with Gasteiger partial charge < -0.3 is 14.8 Å². The van der Waals surface area contributed by atoms with Gasteiger partial charge >= 0.3 is 0 Å². The third-order valence-corrected chi connectivity index (χ3v) is 4.60. The molecule has 1 amide bonds. The number of hydrogen-bond donors (Lipinski definition) is 1. The molecule has 0 aromatic heterocycles. The lowest BCUT2D eigenvalue weighted by atomic mass is 9.97. The molecule has 2 aromatic carbocycles. The number of hydrogen-bond acceptors (Lipinski definition) is 3. The summed E-state index contributed by atoms with van der Waals surface area (Å²) in [7, 11) is 0. The summed E-state index contributed by atoms with van der Waals surface area (Å²) in [6.07, 6.45) is 2.05. The quantitative estimate of drug-likeness (QED) is 0.942. The Labute approximate surface area is 141 Å². The monoisotopic (exact) mass is 323 g/mol. The third kappa shape index (κ3) is 2.73. The molecule has 0 radical (unpaired) electrons. The topological polar surface area (TPSA) is 47.6 Å². The molecule has 24 heavy (non-hydrogen) atoms. The lowest BCUT2D eigenvalue weighted by molar-refractivity contribution is -0.115. The predicted octanol–water partition coefficient (Wildman–Crippen LogP) is 3.35. The van der Waals surface area contributed by atoms with Crippen molar-refractivity contribution in [1.29, 1.82) is 0 Å². The fourth-order valence-electron chi connectivity index (χ4n) is 3.68. The van der Waals surface area contributed by atoms with Gasteiger partial charge in [0.25, 0.3) is 0 Å². The Balaban J connectivity index is 1.60. The number of amides is 1. The first-order chi connectivity index (χ1) is 11.6. The molecule has 2 aliphatic rings. The van der Waals surface area contributed by atoms with E-state index in [0.717, 1.165) is 57.8 Å². The van der Waals surface area contributed by atoms with Gasteiger partial charge in [0.15, 0.2) is 0 Å². The van der Waals surface area contributed by atoms with Crippen molar-refractivity contribution in [3.8, 4) is 11.5 Å². The van der Waals surface area contributed by atoms with Crippen LogP contribution in [0.2, 0.25) is 0 Å². The van der Waals surface area contributed by atoms with Crippen molar-refractivity contribution < 1.29 is 14.3 Å². The Hall–Kier alpha value is -2.49. The zero-order valence-corrected chi connectivity index (χ0v) is 14.1. The van der Waals surface area contributed by atoms with Gasteiger partial charge in [0, 0.05) is 35.2 Å². The number of rotatable bonds is 3. The van der Waals surface area contributed by atoms with Crippen LogP contribution in [0.5, 0.6) is 11.5 Å². The van der Waals surface area contributed by atoms with E-state index >= 15 is 0 Å². The second-order valence-electron chi connectivity index (χ2n) is 6.62. The van der Waals surface area contributed by atoms with Gasteiger partial charge in [-0.3, -0.25) is 4.79 Å². The molecule has 4 nitrogen and oxygen atoms in total. The minimum atomic E-state index is -0.0157. The SMILES string of the molecule is Cc1cc(C)cc(NC(=O)Cc2c3c(cc4c2OCC4)OCC3)c1.